The van der Waals surface area contributed by atoms with Gasteiger partial charge < -0.3 is 10.2 Å². The molecule has 0 aliphatic carbocycles. The molecule has 2 unspecified atom stereocenters. The molecule has 0 saturated carbocycles. The van der Waals surface area contributed by atoms with Crippen molar-refractivity contribution < 1.29 is 18.0 Å². The minimum Gasteiger partial charge on any atom is -0.352 e. The fourth-order valence-corrected chi connectivity index (χ4v) is 5.37. The van der Waals surface area contributed by atoms with Gasteiger partial charge in [0.1, 0.15) is 12.6 Å². The Kier molecular flexibility index (Phi) is 10.9. The van der Waals surface area contributed by atoms with Gasteiger partial charge in [-0.05, 0) is 43.5 Å². The monoisotopic (exact) mass is 564 g/mol. The van der Waals surface area contributed by atoms with Crippen LogP contribution in [0, 0.1) is 6.92 Å². The van der Waals surface area contributed by atoms with Gasteiger partial charge in [-0.15, -0.1) is 0 Å². The van der Waals surface area contributed by atoms with Crippen LogP contribution in [0.1, 0.15) is 37.0 Å². The van der Waals surface area contributed by atoms with E-state index in [1.165, 1.54) is 19.0 Å². The van der Waals surface area contributed by atoms with Gasteiger partial charge >= 0.3 is 10.2 Å². The van der Waals surface area contributed by atoms with E-state index in [1.54, 1.807) is 30.3 Å². The molecule has 40 heavy (non-hydrogen) atoms. The molecule has 0 radical (unpaired) electrons. The number of rotatable bonds is 13. The summed E-state index contributed by atoms with van der Waals surface area (Å²) in [7, 11) is -1.15. The van der Waals surface area contributed by atoms with Gasteiger partial charge in [-0.25, -0.2) is 4.31 Å². The minimum atomic E-state index is -4.01. The van der Waals surface area contributed by atoms with Crippen LogP contribution in [0.4, 0.5) is 5.69 Å². The lowest BCUT2D eigenvalue weighted by atomic mass is 10.0. The Morgan fingerprint density at radius 1 is 0.875 bits per heavy atom. The maximum Gasteiger partial charge on any atom is 0.304 e. The van der Waals surface area contributed by atoms with E-state index < -0.39 is 28.7 Å². The Labute approximate surface area is 238 Å². The van der Waals surface area contributed by atoms with E-state index in [1.807, 2.05) is 75.4 Å². The van der Waals surface area contributed by atoms with Gasteiger partial charge in [0.2, 0.25) is 11.8 Å². The number of amides is 2. The molecule has 9 heteroatoms. The second-order valence-electron chi connectivity index (χ2n) is 10.2. The first-order valence-corrected chi connectivity index (χ1v) is 14.9. The van der Waals surface area contributed by atoms with Crippen LogP contribution >= 0.6 is 0 Å². The zero-order valence-corrected chi connectivity index (χ0v) is 24.8. The largest absolute Gasteiger partial charge is 0.352 e. The van der Waals surface area contributed by atoms with Crippen molar-refractivity contribution in [1.82, 2.24) is 14.5 Å². The summed E-state index contributed by atoms with van der Waals surface area (Å²) in [5.41, 5.74) is 3.14. The molecule has 2 atom stereocenters. The lowest BCUT2D eigenvalue weighted by Gasteiger charge is -2.35. The molecule has 0 saturated heterocycles. The van der Waals surface area contributed by atoms with E-state index in [0.29, 0.717) is 5.69 Å². The second kappa shape index (κ2) is 14.1. The Bertz CT molecular complexity index is 1360. The van der Waals surface area contributed by atoms with E-state index in [4.69, 9.17) is 0 Å². The van der Waals surface area contributed by atoms with Gasteiger partial charge in [-0.1, -0.05) is 85.3 Å². The van der Waals surface area contributed by atoms with Crippen molar-refractivity contribution in [1.29, 1.82) is 0 Å². The van der Waals surface area contributed by atoms with Crippen LogP contribution in [0.2, 0.25) is 0 Å². The van der Waals surface area contributed by atoms with Crippen LogP contribution in [0.15, 0.2) is 84.9 Å². The van der Waals surface area contributed by atoms with E-state index >= 15 is 0 Å². The van der Waals surface area contributed by atoms with Gasteiger partial charge in [-0.2, -0.15) is 12.7 Å². The second-order valence-corrected chi connectivity index (χ2v) is 12.2. The Balaban J connectivity index is 2.08. The summed E-state index contributed by atoms with van der Waals surface area (Å²) in [5.74, 6) is -0.753. The topological polar surface area (TPSA) is 90.0 Å². The number of hydrogen-bond acceptors (Lipinski definition) is 4. The smallest absolute Gasteiger partial charge is 0.304 e. The molecule has 2 amide bonds. The Hall–Kier alpha value is -3.69. The van der Waals surface area contributed by atoms with Crippen molar-refractivity contribution in [3.8, 4) is 0 Å². The van der Waals surface area contributed by atoms with Crippen molar-refractivity contribution in [2.45, 2.75) is 52.2 Å². The first-order chi connectivity index (χ1) is 19.0. The van der Waals surface area contributed by atoms with E-state index in [0.717, 1.165) is 31.7 Å². The zero-order chi connectivity index (χ0) is 29.3. The number of aryl methyl sites for hydroxylation is 1. The molecule has 0 fully saturated rings. The maximum absolute atomic E-state index is 14.2. The fourth-order valence-electron chi connectivity index (χ4n) is 4.31. The molecule has 214 valence electrons. The third-order valence-electron chi connectivity index (χ3n) is 6.77. The number of nitrogens with one attached hydrogen (secondary N) is 1. The summed E-state index contributed by atoms with van der Waals surface area (Å²) in [5, 5.41) is 3.04. The lowest BCUT2D eigenvalue weighted by molar-refractivity contribution is -0.140. The van der Waals surface area contributed by atoms with Gasteiger partial charge in [0.25, 0.3) is 0 Å². The van der Waals surface area contributed by atoms with Crippen LogP contribution in [-0.2, 0) is 32.8 Å². The highest BCUT2D eigenvalue weighted by Gasteiger charge is 2.35. The van der Waals surface area contributed by atoms with Crippen LogP contribution < -0.4 is 9.62 Å². The standard InChI is InChI=1S/C31H40N4O4S/c1-6-25(3)32-31(37)29(21-26-15-9-7-10-16-26)34(22-27-17-13-14-24(2)20-27)30(36)23-35(40(38,39)33(4)5)28-18-11-8-12-19-28/h7-20,25,29H,6,21-23H2,1-5H3,(H,32,37). The van der Waals surface area contributed by atoms with Crippen LogP contribution in [0.3, 0.4) is 0 Å². The lowest BCUT2D eigenvalue weighted by Crippen LogP contribution is -2.55. The molecule has 1 N–H and O–H groups in total. The molecule has 0 aliphatic heterocycles. The number of nitrogens with zero attached hydrogens (tertiary/aromatic N) is 3. The number of hydrogen-bond donors (Lipinski definition) is 1. The summed E-state index contributed by atoms with van der Waals surface area (Å²) >= 11 is 0. The number of anilines is 1. The van der Waals surface area contributed by atoms with Crippen molar-refractivity contribution in [2.24, 2.45) is 0 Å². The quantitative estimate of drug-likeness (QED) is 0.338. The predicted molar refractivity (Wildman–Crippen MR) is 160 cm³/mol. The van der Waals surface area contributed by atoms with Gasteiger partial charge in [0.15, 0.2) is 0 Å². The zero-order valence-electron chi connectivity index (χ0n) is 23.9. The van der Waals surface area contributed by atoms with Crippen LogP contribution in [-0.4, -0.2) is 62.2 Å². The van der Waals surface area contributed by atoms with Gasteiger partial charge in [0.05, 0.1) is 5.69 Å². The third kappa shape index (κ3) is 8.16. The number of carbonyl (C=O) groups excluding carboxylic acids is 2. The maximum atomic E-state index is 14.2. The SMILES string of the molecule is CCC(C)NC(=O)C(Cc1ccccc1)N(Cc1cccc(C)c1)C(=O)CN(c1ccccc1)S(=O)(=O)N(C)C. The van der Waals surface area contributed by atoms with Gasteiger partial charge in [-0.3, -0.25) is 9.59 Å². The Morgan fingerprint density at radius 2 is 1.48 bits per heavy atom. The normalized spacial score (nSPS) is 12.9. The highest BCUT2D eigenvalue weighted by atomic mass is 32.2. The summed E-state index contributed by atoms with van der Waals surface area (Å²) < 4.78 is 28.9. The van der Waals surface area contributed by atoms with Gasteiger partial charge in [0, 0.05) is 33.1 Å². The van der Waals surface area contributed by atoms with E-state index in [9.17, 15) is 18.0 Å². The fraction of sp³-hybridized carbons (Fsp3) is 0.355. The highest BCUT2D eigenvalue weighted by molar-refractivity contribution is 7.90. The minimum absolute atomic E-state index is 0.0865. The molecule has 3 aromatic carbocycles. The predicted octanol–water partition coefficient (Wildman–Crippen LogP) is 4.16. The number of carbonyl (C=O) groups is 2. The molecular formula is C31H40N4O4S. The Morgan fingerprint density at radius 3 is 2.05 bits per heavy atom. The number of benzene rings is 3. The van der Waals surface area contributed by atoms with E-state index in [-0.39, 0.29) is 24.9 Å². The van der Waals surface area contributed by atoms with Crippen molar-refractivity contribution in [2.75, 3.05) is 24.9 Å². The molecule has 3 rings (SSSR count). The number of para-hydroxylation sites is 1. The van der Waals surface area contributed by atoms with Crippen molar-refractivity contribution >= 4 is 27.7 Å². The first-order valence-electron chi connectivity index (χ1n) is 13.5. The molecule has 0 bridgehead atoms. The van der Waals surface area contributed by atoms with E-state index in [2.05, 4.69) is 5.32 Å². The molecule has 8 nitrogen and oxygen atoms in total. The molecule has 0 aliphatic rings. The summed E-state index contributed by atoms with van der Waals surface area (Å²) in [6, 6.07) is 24.9. The molecule has 0 heterocycles. The van der Waals surface area contributed by atoms with Crippen LogP contribution in [0.5, 0.6) is 0 Å². The summed E-state index contributed by atoms with van der Waals surface area (Å²) in [6.45, 7) is 5.56. The molecule has 3 aromatic rings. The molecule has 0 spiro atoms. The third-order valence-corrected chi connectivity index (χ3v) is 8.59. The first kappa shape index (κ1) is 30.8. The molecule has 0 aromatic heterocycles. The summed E-state index contributed by atoms with van der Waals surface area (Å²) in [6.07, 6.45) is 1.02. The van der Waals surface area contributed by atoms with Crippen molar-refractivity contribution in [3.05, 3.63) is 102 Å². The summed E-state index contributed by atoms with van der Waals surface area (Å²) in [4.78, 5) is 29.4. The molecular weight excluding hydrogens is 524 g/mol. The average molecular weight is 565 g/mol. The van der Waals surface area contributed by atoms with Crippen LogP contribution in [0.25, 0.3) is 0 Å². The van der Waals surface area contributed by atoms with Crippen molar-refractivity contribution in [3.63, 3.8) is 0 Å². The average Bonchev–Trinajstić information content (AvgIpc) is 2.94. The highest BCUT2D eigenvalue weighted by Crippen LogP contribution is 2.22.